The number of rotatable bonds is 0. The van der Waals surface area contributed by atoms with Gasteiger partial charge in [-0.2, -0.15) is 0 Å². The molecule has 40 valence electrons. The van der Waals surface area contributed by atoms with Gasteiger partial charge >= 0.3 is 0 Å². The average Bonchev–Trinajstić information content (AvgIpc) is 1.94. The van der Waals surface area contributed by atoms with E-state index in [-0.39, 0.29) is 0 Å². The number of hydrogen-bond acceptors (Lipinski definition) is 2. The topological polar surface area (TPSA) is 12.9 Å². The molecule has 0 aliphatic rings. The Balaban J connectivity index is 3.32. The van der Waals surface area contributed by atoms with Gasteiger partial charge in [0.1, 0.15) is 0 Å². The van der Waals surface area contributed by atoms with Crippen molar-refractivity contribution in [2.24, 2.45) is 0 Å². The summed E-state index contributed by atoms with van der Waals surface area (Å²) >= 11 is 4.84. The molecule has 1 aromatic heterocycles. The van der Waals surface area contributed by atoms with Gasteiger partial charge in [0.15, 0.2) is 0 Å². The molecule has 0 aromatic carbocycles. The van der Waals surface area contributed by atoms with E-state index in [0.29, 0.717) is 0 Å². The summed E-state index contributed by atoms with van der Waals surface area (Å²) in [6.45, 7) is 0. The molecule has 1 rings (SSSR count). The summed E-state index contributed by atoms with van der Waals surface area (Å²) in [6, 6.07) is 5.44. The molecule has 1 heterocycles. The number of nitrogens with zero attached hydrogens (tertiary/aromatic N) is 1. The second-order valence-corrected chi connectivity index (χ2v) is 1.85. The second kappa shape index (κ2) is 2.52. The van der Waals surface area contributed by atoms with E-state index in [1.165, 1.54) is 0 Å². The number of aromatic nitrogens is 1. The Kier molecular flexibility index (Phi) is 1.70. The molecule has 0 unspecified atom stereocenters. The Bertz CT molecular complexity index is 199. The highest BCUT2D eigenvalue weighted by molar-refractivity contribution is 7.71. The Hall–Kier alpha value is -0.760. The lowest BCUT2D eigenvalue weighted by atomic mass is 10.5. The van der Waals surface area contributed by atoms with Gasteiger partial charge in [-0.05, 0) is 18.2 Å². The lowest BCUT2D eigenvalue weighted by molar-refractivity contribution is 1.37. The maximum absolute atomic E-state index is 4.84. The lowest BCUT2D eigenvalue weighted by Gasteiger charge is -1.59. The molecule has 0 atom stereocenters. The van der Waals surface area contributed by atoms with Crippen LogP contribution in [0.4, 0.5) is 0 Å². The van der Waals surface area contributed by atoms with E-state index < -0.39 is 0 Å². The van der Waals surface area contributed by atoms with E-state index in [0.717, 1.165) is 4.51 Å². The van der Waals surface area contributed by atoms with Gasteiger partial charge in [-0.1, -0.05) is 12.2 Å². The molecular formula is C6H5NS. The van der Waals surface area contributed by atoms with Crippen LogP contribution in [0.5, 0.6) is 0 Å². The first-order valence-electron chi connectivity index (χ1n) is 2.30. The summed E-state index contributed by atoms with van der Waals surface area (Å²) in [4.78, 5) is 3.84. The maximum atomic E-state index is 4.84. The van der Waals surface area contributed by atoms with E-state index in [1.807, 2.05) is 12.1 Å². The third kappa shape index (κ3) is 1.39. The molecule has 0 amide bonds. The smallest absolute Gasteiger partial charge is 0.0392 e. The highest BCUT2D eigenvalue weighted by Crippen LogP contribution is 1.82. The minimum atomic E-state index is 0.822. The van der Waals surface area contributed by atoms with Crippen LogP contribution in [0.2, 0.25) is 0 Å². The monoisotopic (exact) mass is 123 g/mol. The SMILES string of the molecule is S=c1cccncc1. The van der Waals surface area contributed by atoms with E-state index in [1.54, 1.807) is 18.5 Å². The summed E-state index contributed by atoms with van der Waals surface area (Å²) in [5.41, 5.74) is 0. The zero-order valence-electron chi connectivity index (χ0n) is 4.24. The van der Waals surface area contributed by atoms with Crippen LogP contribution in [0.1, 0.15) is 0 Å². The van der Waals surface area contributed by atoms with Crippen LogP contribution in [0, 0.1) is 4.51 Å². The third-order valence-corrected chi connectivity index (χ3v) is 1.03. The Morgan fingerprint density at radius 3 is 3.00 bits per heavy atom. The average molecular weight is 123 g/mol. The van der Waals surface area contributed by atoms with Gasteiger partial charge in [-0.25, -0.2) is 0 Å². The summed E-state index contributed by atoms with van der Waals surface area (Å²) in [6.07, 6.45) is 3.39. The predicted molar refractivity (Wildman–Crippen MR) is 35.1 cm³/mol. The van der Waals surface area contributed by atoms with Gasteiger partial charge in [0, 0.05) is 16.9 Å². The molecule has 0 saturated heterocycles. The minimum Gasteiger partial charge on any atom is -0.265 e. The van der Waals surface area contributed by atoms with Crippen LogP contribution in [-0.4, -0.2) is 4.98 Å². The van der Waals surface area contributed by atoms with Gasteiger partial charge in [0.05, 0.1) is 0 Å². The van der Waals surface area contributed by atoms with Crippen molar-refractivity contribution in [3.63, 3.8) is 0 Å². The van der Waals surface area contributed by atoms with Gasteiger partial charge < -0.3 is 0 Å². The molecule has 0 fully saturated rings. The van der Waals surface area contributed by atoms with Crippen molar-refractivity contribution in [3.05, 3.63) is 35.1 Å². The van der Waals surface area contributed by atoms with E-state index in [2.05, 4.69) is 4.98 Å². The summed E-state index contributed by atoms with van der Waals surface area (Å²) in [5, 5.41) is 0. The molecule has 0 aliphatic carbocycles. The summed E-state index contributed by atoms with van der Waals surface area (Å²) in [7, 11) is 0. The second-order valence-electron chi connectivity index (χ2n) is 1.38. The highest BCUT2D eigenvalue weighted by atomic mass is 32.1. The van der Waals surface area contributed by atoms with Crippen LogP contribution in [0.15, 0.2) is 30.6 Å². The molecule has 0 radical (unpaired) electrons. The lowest BCUT2D eigenvalue weighted by Crippen LogP contribution is -1.49. The fourth-order valence-corrected chi connectivity index (χ4v) is 0.549. The predicted octanol–water partition coefficient (Wildman–Crippen LogP) is 1.81. The molecule has 0 spiro atoms. The van der Waals surface area contributed by atoms with Gasteiger partial charge in [0.2, 0.25) is 0 Å². The molecule has 1 nitrogen and oxygen atoms in total. The van der Waals surface area contributed by atoms with E-state index in [4.69, 9.17) is 12.2 Å². The first kappa shape index (κ1) is 5.38. The third-order valence-electron chi connectivity index (χ3n) is 0.757. The first-order valence-corrected chi connectivity index (χ1v) is 2.71. The van der Waals surface area contributed by atoms with Crippen molar-refractivity contribution in [1.82, 2.24) is 4.98 Å². The standard InChI is InChI=1S/C6H5NS/c8-6-2-1-4-7-5-3-6/h1-5H. The van der Waals surface area contributed by atoms with E-state index in [9.17, 15) is 0 Å². The molecule has 2 heteroatoms. The van der Waals surface area contributed by atoms with Crippen molar-refractivity contribution >= 4 is 12.2 Å². The van der Waals surface area contributed by atoms with Gasteiger partial charge in [-0.15, -0.1) is 0 Å². The molecule has 0 saturated carbocycles. The normalized spacial score (nSPS) is 8.50. The molecule has 0 aliphatic heterocycles. The molecule has 0 bridgehead atoms. The fraction of sp³-hybridized carbons (Fsp3) is 0. The fourth-order valence-electron chi connectivity index (χ4n) is 0.409. The van der Waals surface area contributed by atoms with E-state index >= 15 is 0 Å². The van der Waals surface area contributed by atoms with Crippen LogP contribution in [-0.2, 0) is 0 Å². The first-order chi connectivity index (χ1) is 3.89. The van der Waals surface area contributed by atoms with Crippen LogP contribution in [0.3, 0.4) is 0 Å². The largest absolute Gasteiger partial charge is 0.265 e. The minimum absolute atomic E-state index is 0.822. The Labute approximate surface area is 53.0 Å². The Morgan fingerprint density at radius 2 is 2.12 bits per heavy atom. The van der Waals surface area contributed by atoms with Crippen molar-refractivity contribution in [1.29, 1.82) is 0 Å². The number of hydrogen-bond donors (Lipinski definition) is 0. The van der Waals surface area contributed by atoms with Crippen LogP contribution < -0.4 is 0 Å². The van der Waals surface area contributed by atoms with Crippen molar-refractivity contribution < 1.29 is 0 Å². The zero-order valence-corrected chi connectivity index (χ0v) is 5.06. The van der Waals surface area contributed by atoms with Crippen LogP contribution in [0.25, 0.3) is 0 Å². The van der Waals surface area contributed by atoms with Gasteiger partial charge in [-0.3, -0.25) is 4.98 Å². The van der Waals surface area contributed by atoms with Gasteiger partial charge in [0.25, 0.3) is 0 Å². The zero-order chi connectivity index (χ0) is 5.82. The van der Waals surface area contributed by atoms with Crippen molar-refractivity contribution in [3.8, 4) is 0 Å². The van der Waals surface area contributed by atoms with Crippen molar-refractivity contribution in [2.75, 3.05) is 0 Å². The quantitative estimate of drug-likeness (QED) is 0.488. The molecule has 0 N–H and O–H groups in total. The summed E-state index contributed by atoms with van der Waals surface area (Å²) < 4.78 is 0.822. The molecular weight excluding hydrogens is 118 g/mol. The summed E-state index contributed by atoms with van der Waals surface area (Å²) in [5.74, 6) is 0. The van der Waals surface area contributed by atoms with Crippen LogP contribution >= 0.6 is 12.2 Å². The van der Waals surface area contributed by atoms with Crippen molar-refractivity contribution in [2.45, 2.75) is 0 Å². The molecule has 8 heavy (non-hydrogen) atoms. The Morgan fingerprint density at radius 1 is 1.25 bits per heavy atom. The maximum Gasteiger partial charge on any atom is 0.0392 e. The molecule has 1 aromatic rings. The highest BCUT2D eigenvalue weighted by Gasteiger charge is 1.66.